The number of aliphatic carboxylic acids is 1. The molecule has 2 atom stereocenters. The summed E-state index contributed by atoms with van der Waals surface area (Å²) in [7, 11) is -2.37. The molecule has 1 saturated heterocycles. The molecule has 1 fully saturated rings. The number of carboxylic acids is 1. The number of ether oxygens (including phenoxy) is 1. The van der Waals surface area contributed by atoms with Crippen LogP contribution in [0.25, 0.3) is 0 Å². The second-order valence-electron chi connectivity index (χ2n) is 5.34. The molecule has 1 aliphatic heterocycles. The van der Waals surface area contributed by atoms with Crippen LogP contribution in [-0.2, 0) is 14.8 Å². The molecule has 23 heavy (non-hydrogen) atoms. The first kappa shape index (κ1) is 18.2. The van der Waals surface area contributed by atoms with Crippen molar-refractivity contribution in [2.45, 2.75) is 23.8 Å². The van der Waals surface area contributed by atoms with E-state index in [0.29, 0.717) is 23.1 Å². The highest BCUT2D eigenvalue weighted by atomic mass is 79.9. The molecular formula is C14H18BrNO6S. The topological polar surface area (TPSA) is 104 Å². The standard InChI is InChI=1S/C14H18BrNO6S/c1-22-10-4-5-11(15)12(7-10)23(20,21)16-6-2-3-9(8-16)13(17)14(18)19/h4-5,7,9,13,17H,2-3,6,8H2,1H3,(H,18,19)/t9-,13-/m0/s1. The second kappa shape index (κ2) is 7.16. The molecule has 0 radical (unpaired) electrons. The first-order valence-corrected chi connectivity index (χ1v) is 9.25. The number of carboxylic acid groups (broad SMARTS) is 1. The smallest absolute Gasteiger partial charge is 0.332 e. The molecule has 1 aromatic rings. The van der Waals surface area contributed by atoms with Gasteiger partial charge in [0.1, 0.15) is 10.6 Å². The van der Waals surface area contributed by atoms with Crippen molar-refractivity contribution < 1.29 is 28.2 Å². The van der Waals surface area contributed by atoms with Crippen LogP contribution in [0, 0.1) is 5.92 Å². The average molecular weight is 408 g/mol. The minimum Gasteiger partial charge on any atom is -0.497 e. The van der Waals surface area contributed by atoms with E-state index in [2.05, 4.69) is 15.9 Å². The quantitative estimate of drug-likeness (QED) is 0.762. The summed E-state index contributed by atoms with van der Waals surface area (Å²) in [5.41, 5.74) is 0. The molecule has 1 aliphatic rings. The van der Waals surface area contributed by atoms with Crippen molar-refractivity contribution in [1.29, 1.82) is 0 Å². The van der Waals surface area contributed by atoms with Gasteiger partial charge in [0, 0.05) is 29.5 Å². The predicted molar refractivity (Wildman–Crippen MR) is 85.8 cm³/mol. The van der Waals surface area contributed by atoms with Gasteiger partial charge in [-0.05, 0) is 40.9 Å². The molecule has 2 N–H and O–H groups in total. The van der Waals surface area contributed by atoms with E-state index in [1.807, 2.05) is 0 Å². The fourth-order valence-corrected chi connectivity index (χ4v) is 5.07. The van der Waals surface area contributed by atoms with Gasteiger partial charge < -0.3 is 14.9 Å². The first-order chi connectivity index (χ1) is 10.8. The van der Waals surface area contributed by atoms with Gasteiger partial charge >= 0.3 is 5.97 Å². The summed E-state index contributed by atoms with van der Waals surface area (Å²) in [5, 5.41) is 18.6. The summed E-state index contributed by atoms with van der Waals surface area (Å²) in [6.07, 6.45) is -0.601. The van der Waals surface area contributed by atoms with Gasteiger partial charge in [0.2, 0.25) is 10.0 Å². The van der Waals surface area contributed by atoms with Crippen LogP contribution in [0.3, 0.4) is 0 Å². The van der Waals surface area contributed by atoms with Gasteiger partial charge in [-0.15, -0.1) is 0 Å². The van der Waals surface area contributed by atoms with Gasteiger partial charge in [-0.2, -0.15) is 4.31 Å². The predicted octanol–water partition coefficient (Wildman–Crippen LogP) is 1.30. The Hall–Kier alpha value is -1.16. The Kier molecular flexibility index (Phi) is 5.66. The Morgan fingerprint density at radius 1 is 1.48 bits per heavy atom. The molecule has 0 bridgehead atoms. The maximum absolute atomic E-state index is 12.8. The monoisotopic (exact) mass is 407 g/mol. The number of aliphatic hydroxyl groups excluding tert-OH is 1. The number of methoxy groups -OCH3 is 1. The van der Waals surface area contributed by atoms with Crippen molar-refractivity contribution in [2.75, 3.05) is 20.2 Å². The number of sulfonamides is 1. The Morgan fingerprint density at radius 2 is 2.17 bits per heavy atom. The number of hydrogen-bond donors (Lipinski definition) is 2. The Labute approximate surface area is 143 Å². The number of hydrogen-bond acceptors (Lipinski definition) is 5. The molecule has 2 rings (SSSR count). The third kappa shape index (κ3) is 3.85. The van der Waals surface area contributed by atoms with E-state index in [4.69, 9.17) is 9.84 Å². The van der Waals surface area contributed by atoms with Gasteiger partial charge in [0.05, 0.1) is 7.11 Å². The number of aliphatic hydroxyl groups is 1. The van der Waals surface area contributed by atoms with Gasteiger partial charge in [0.25, 0.3) is 0 Å². The minimum atomic E-state index is -3.82. The van der Waals surface area contributed by atoms with E-state index in [1.165, 1.54) is 17.5 Å². The number of carbonyl (C=O) groups is 1. The van der Waals surface area contributed by atoms with Gasteiger partial charge in [0.15, 0.2) is 6.10 Å². The summed E-state index contributed by atoms with van der Waals surface area (Å²) in [6, 6.07) is 4.63. The zero-order valence-corrected chi connectivity index (χ0v) is 14.9. The van der Waals surface area contributed by atoms with Crippen LogP contribution < -0.4 is 4.74 Å². The molecule has 0 spiro atoms. The lowest BCUT2D eigenvalue weighted by molar-refractivity contribution is -0.150. The van der Waals surface area contributed by atoms with E-state index in [9.17, 15) is 18.3 Å². The molecule has 128 valence electrons. The normalized spacial score (nSPS) is 20.9. The molecule has 0 aliphatic carbocycles. The van der Waals surface area contributed by atoms with Crippen molar-refractivity contribution in [3.8, 4) is 5.75 Å². The summed E-state index contributed by atoms with van der Waals surface area (Å²) in [6.45, 7) is 0.258. The SMILES string of the molecule is COc1ccc(Br)c(S(=O)(=O)N2CCC[C@H]([C@H](O)C(=O)O)C2)c1. The van der Waals surface area contributed by atoms with Gasteiger partial charge in [-0.25, -0.2) is 13.2 Å². The highest BCUT2D eigenvalue weighted by molar-refractivity contribution is 9.10. The highest BCUT2D eigenvalue weighted by Crippen LogP contribution is 2.32. The van der Waals surface area contributed by atoms with E-state index < -0.39 is 28.0 Å². The van der Waals surface area contributed by atoms with E-state index in [0.717, 1.165) is 0 Å². The third-order valence-electron chi connectivity index (χ3n) is 3.88. The molecule has 7 nitrogen and oxygen atoms in total. The minimum absolute atomic E-state index is 0.0283. The Balaban J connectivity index is 2.30. The molecule has 0 amide bonds. The fraction of sp³-hybridized carbons (Fsp3) is 0.500. The Morgan fingerprint density at radius 3 is 2.78 bits per heavy atom. The number of rotatable bonds is 5. The maximum atomic E-state index is 12.8. The molecule has 0 unspecified atom stereocenters. The highest BCUT2D eigenvalue weighted by Gasteiger charge is 2.36. The molecule has 0 aromatic heterocycles. The van der Waals surface area contributed by atoms with E-state index in [1.54, 1.807) is 12.1 Å². The largest absolute Gasteiger partial charge is 0.497 e. The number of halogens is 1. The van der Waals surface area contributed by atoms with Gasteiger partial charge in [-0.3, -0.25) is 0 Å². The van der Waals surface area contributed by atoms with E-state index >= 15 is 0 Å². The maximum Gasteiger partial charge on any atom is 0.332 e. The van der Waals surface area contributed by atoms with Crippen LogP contribution in [0.15, 0.2) is 27.6 Å². The van der Waals surface area contributed by atoms with Crippen LogP contribution in [0.4, 0.5) is 0 Å². The van der Waals surface area contributed by atoms with Crippen molar-refractivity contribution in [3.63, 3.8) is 0 Å². The van der Waals surface area contributed by atoms with Crippen molar-refractivity contribution >= 4 is 31.9 Å². The Bertz CT molecular complexity index is 693. The van der Waals surface area contributed by atoms with Crippen molar-refractivity contribution in [2.24, 2.45) is 5.92 Å². The molecular weight excluding hydrogens is 390 g/mol. The summed E-state index contributed by atoms with van der Waals surface area (Å²) < 4.78 is 32.3. The third-order valence-corrected chi connectivity index (χ3v) is 6.74. The van der Waals surface area contributed by atoms with Crippen molar-refractivity contribution in [3.05, 3.63) is 22.7 Å². The lowest BCUT2D eigenvalue weighted by Gasteiger charge is -2.33. The van der Waals surface area contributed by atoms with Crippen LogP contribution in [0.2, 0.25) is 0 Å². The first-order valence-electron chi connectivity index (χ1n) is 7.02. The van der Waals surface area contributed by atoms with Crippen LogP contribution in [0.5, 0.6) is 5.75 Å². The van der Waals surface area contributed by atoms with Crippen LogP contribution >= 0.6 is 15.9 Å². The number of nitrogens with zero attached hydrogens (tertiary/aromatic N) is 1. The average Bonchev–Trinajstić information content (AvgIpc) is 2.54. The fourth-order valence-electron chi connectivity index (χ4n) is 2.60. The zero-order valence-electron chi connectivity index (χ0n) is 12.5. The molecule has 9 heteroatoms. The molecule has 0 saturated carbocycles. The van der Waals surface area contributed by atoms with E-state index in [-0.39, 0.29) is 18.0 Å². The number of piperidine rings is 1. The summed E-state index contributed by atoms with van der Waals surface area (Å²) >= 11 is 3.22. The summed E-state index contributed by atoms with van der Waals surface area (Å²) in [4.78, 5) is 11.0. The number of benzene rings is 1. The second-order valence-corrected chi connectivity index (χ2v) is 8.11. The zero-order chi connectivity index (χ0) is 17.2. The van der Waals surface area contributed by atoms with Crippen LogP contribution in [0.1, 0.15) is 12.8 Å². The van der Waals surface area contributed by atoms with Crippen LogP contribution in [-0.4, -0.2) is 55.2 Å². The van der Waals surface area contributed by atoms with Crippen molar-refractivity contribution in [1.82, 2.24) is 4.31 Å². The lowest BCUT2D eigenvalue weighted by atomic mass is 9.94. The summed E-state index contributed by atoms with van der Waals surface area (Å²) in [5.74, 6) is -1.55. The molecule has 1 heterocycles. The molecule has 1 aromatic carbocycles. The lowest BCUT2D eigenvalue weighted by Crippen LogP contribution is -2.45. The van der Waals surface area contributed by atoms with Gasteiger partial charge in [-0.1, -0.05) is 0 Å².